The van der Waals surface area contributed by atoms with Crippen LogP contribution in [0, 0.1) is 0 Å². The van der Waals surface area contributed by atoms with Gasteiger partial charge in [0.2, 0.25) is 5.91 Å². The molecule has 4 N–H and O–H groups in total. The van der Waals surface area contributed by atoms with Gasteiger partial charge in [0.15, 0.2) is 0 Å². The number of hydrogen-bond acceptors (Lipinski definition) is 7. The van der Waals surface area contributed by atoms with Crippen molar-refractivity contribution in [1.29, 1.82) is 0 Å². The highest BCUT2D eigenvalue weighted by Crippen LogP contribution is 2.40. The van der Waals surface area contributed by atoms with Crippen molar-refractivity contribution in [3.05, 3.63) is 47.7 Å². The molecule has 13 heteroatoms. The fourth-order valence-corrected chi connectivity index (χ4v) is 4.48. The predicted molar refractivity (Wildman–Crippen MR) is 99.2 cm³/mol. The van der Waals surface area contributed by atoms with Crippen molar-refractivity contribution in [2.45, 2.75) is 17.6 Å². The maximum atomic E-state index is 12.0. The largest absolute Gasteiger partial charge is 0.490 e. The van der Waals surface area contributed by atoms with Crippen LogP contribution >= 0.6 is 11.8 Å². The van der Waals surface area contributed by atoms with Gasteiger partial charge in [-0.2, -0.15) is 13.2 Å². The van der Waals surface area contributed by atoms with Crippen molar-refractivity contribution in [3.63, 3.8) is 0 Å². The Morgan fingerprint density at radius 3 is 2.53 bits per heavy atom. The lowest BCUT2D eigenvalue weighted by Crippen LogP contribution is -2.68. The number of fused-ring (bicyclic) bond motifs is 2. The molecular weight excluding hydrogens is 429 g/mol. The quantitative estimate of drug-likeness (QED) is 0.537. The molecule has 0 aromatic carbocycles. The van der Waals surface area contributed by atoms with Gasteiger partial charge in [-0.3, -0.25) is 9.69 Å². The Bertz CT molecular complexity index is 898. The molecule has 30 heavy (non-hydrogen) atoms. The van der Waals surface area contributed by atoms with Gasteiger partial charge in [0.25, 0.3) is 0 Å². The second-order valence-electron chi connectivity index (χ2n) is 6.53. The molecule has 4 rings (SSSR count). The van der Waals surface area contributed by atoms with Crippen molar-refractivity contribution in [2.24, 2.45) is 5.73 Å². The maximum Gasteiger partial charge on any atom is 0.490 e. The minimum Gasteiger partial charge on any atom is -0.477 e. The van der Waals surface area contributed by atoms with Crippen LogP contribution in [0.25, 0.3) is 0 Å². The number of carbonyl (C=O) groups excluding carboxylic acids is 1. The number of nitrogens with two attached hydrogens (primary N) is 1. The van der Waals surface area contributed by atoms with Gasteiger partial charge in [0.05, 0.1) is 0 Å². The summed E-state index contributed by atoms with van der Waals surface area (Å²) in [5.74, 6) is -2.55. The lowest BCUT2D eigenvalue weighted by Gasteiger charge is -2.48. The minimum absolute atomic E-state index is 0.0965. The summed E-state index contributed by atoms with van der Waals surface area (Å²) in [4.78, 5) is 38.0. The molecule has 0 unspecified atom stereocenters. The van der Waals surface area contributed by atoms with E-state index in [-0.39, 0.29) is 17.0 Å². The van der Waals surface area contributed by atoms with Crippen LogP contribution in [-0.4, -0.2) is 79.2 Å². The first-order chi connectivity index (χ1) is 14.0. The molecule has 4 heterocycles. The van der Waals surface area contributed by atoms with Gasteiger partial charge in [-0.1, -0.05) is 12.2 Å². The van der Waals surface area contributed by atoms with E-state index in [4.69, 9.17) is 15.6 Å². The number of β-lactam (4-membered cyclic amide) rings is 1. The Morgan fingerprint density at radius 1 is 1.27 bits per heavy atom. The van der Waals surface area contributed by atoms with Gasteiger partial charge in [0.1, 0.15) is 22.9 Å². The molecule has 0 aromatic heterocycles. The third kappa shape index (κ3) is 4.03. The fourth-order valence-electron chi connectivity index (χ4n) is 3.19. The third-order valence-corrected chi connectivity index (χ3v) is 5.95. The zero-order chi connectivity index (χ0) is 22.2. The van der Waals surface area contributed by atoms with Crippen molar-refractivity contribution in [2.75, 3.05) is 18.8 Å². The van der Waals surface area contributed by atoms with Crippen LogP contribution in [0.2, 0.25) is 0 Å². The van der Waals surface area contributed by atoms with Crippen molar-refractivity contribution in [1.82, 2.24) is 14.7 Å². The normalized spacial score (nSPS) is 24.6. The number of halogens is 3. The highest BCUT2D eigenvalue weighted by Gasteiger charge is 2.51. The maximum absolute atomic E-state index is 12.0. The second-order valence-corrected chi connectivity index (χ2v) is 7.63. The van der Waals surface area contributed by atoms with E-state index < -0.39 is 24.2 Å². The highest BCUT2D eigenvalue weighted by atomic mass is 32.2. The number of nitrogens with zero attached hydrogens (tertiary/aromatic N) is 3. The van der Waals surface area contributed by atoms with E-state index in [1.165, 1.54) is 16.7 Å². The number of thioether (sulfide) groups is 1. The number of amides is 1. The van der Waals surface area contributed by atoms with Gasteiger partial charge in [0, 0.05) is 31.2 Å². The first kappa shape index (κ1) is 21.8. The number of carboxylic acid groups (broad SMARTS) is 2. The number of alkyl halides is 3. The van der Waals surface area contributed by atoms with Crippen LogP contribution in [-0.2, 0) is 14.4 Å². The number of carboxylic acids is 2. The number of hydrogen-bond donors (Lipinski definition) is 3. The van der Waals surface area contributed by atoms with E-state index in [1.807, 2.05) is 29.5 Å². The molecule has 4 aliphatic heterocycles. The average molecular weight is 446 g/mol. The number of rotatable bonds is 3. The summed E-state index contributed by atoms with van der Waals surface area (Å²) in [7, 11) is 0. The zero-order valence-corrected chi connectivity index (χ0v) is 16.1. The fraction of sp³-hybridized carbons (Fsp3) is 0.353. The lowest BCUT2D eigenvalue weighted by atomic mass is 10.0. The topological polar surface area (TPSA) is 127 Å². The van der Waals surface area contributed by atoms with E-state index in [1.54, 1.807) is 0 Å². The SMILES string of the molecule is N[C@@H]1C(=O)N2C(C(=O)O)=C(CN3C=CN4CC=CC=C43)CS[C@@H]12.O=C(O)C(F)(F)F. The van der Waals surface area contributed by atoms with Gasteiger partial charge < -0.3 is 25.7 Å². The Labute approximate surface area is 172 Å². The van der Waals surface area contributed by atoms with Crippen LogP contribution in [0.4, 0.5) is 13.2 Å². The number of allylic oxidation sites excluding steroid dienone is 2. The van der Waals surface area contributed by atoms with Crippen LogP contribution in [0.1, 0.15) is 0 Å². The summed E-state index contributed by atoms with van der Waals surface area (Å²) in [6.07, 6.45) is 4.86. The van der Waals surface area contributed by atoms with E-state index in [0.717, 1.165) is 17.9 Å². The highest BCUT2D eigenvalue weighted by molar-refractivity contribution is 8.00. The summed E-state index contributed by atoms with van der Waals surface area (Å²) in [6.45, 7) is 1.26. The second kappa shape index (κ2) is 8.07. The molecule has 1 saturated heterocycles. The Kier molecular flexibility index (Phi) is 5.85. The summed E-state index contributed by atoms with van der Waals surface area (Å²) in [6, 6.07) is -0.593. The van der Waals surface area contributed by atoms with Crippen LogP contribution in [0.5, 0.6) is 0 Å². The summed E-state index contributed by atoms with van der Waals surface area (Å²) in [5.41, 5.74) is 6.60. The first-order valence-electron chi connectivity index (χ1n) is 8.56. The number of aliphatic carboxylic acids is 2. The first-order valence-corrected chi connectivity index (χ1v) is 9.61. The van der Waals surface area contributed by atoms with E-state index in [9.17, 15) is 27.9 Å². The molecular formula is C17H17F3N4O5S. The van der Waals surface area contributed by atoms with Gasteiger partial charge in [-0.25, -0.2) is 9.59 Å². The molecule has 0 radical (unpaired) electrons. The van der Waals surface area contributed by atoms with Crippen LogP contribution in [0.3, 0.4) is 0 Å². The Morgan fingerprint density at radius 2 is 1.93 bits per heavy atom. The zero-order valence-electron chi connectivity index (χ0n) is 15.2. The molecule has 0 aliphatic carbocycles. The molecule has 0 aromatic rings. The smallest absolute Gasteiger partial charge is 0.477 e. The molecule has 1 fully saturated rings. The summed E-state index contributed by atoms with van der Waals surface area (Å²) < 4.78 is 31.7. The molecule has 1 amide bonds. The third-order valence-electron chi connectivity index (χ3n) is 4.59. The lowest BCUT2D eigenvalue weighted by molar-refractivity contribution is -0.192. The van der Waals surface area contributed by atoms with Gasteiger partial charge in [-0.15, -0.1) is 11.8 Å². The average Bonchev–Trinajstić information content (AvgIpc) is 3.09. The van der Waals surface area contributed by atoms with E-state index in [2.05, 4.69) is 11.0 Å². The standard InChI is InChI=1S/C15H16N4O3S.C2HF3O2/c16-11-13(20)19-12(15(21)22)9(8-23-14(11)19)7-18-6-5-17-4-2-1-3-10(17)18;3-2(4,5)1(6)7/h1-3,5-6,11,14H,4,7-8,16H2,(H,21,22);(H,6,7)/t11-,14+;/m1./s1. The molecule has 4 aliphatic rings. The molecule has 9 nitrogen and oxygen atoms in total. The molecule has 0 saturated carbocycles. The van der Waals surface area contributed by atoms with Crippen LogP contribution in [0.15, 0.2) is 47.7 Å². The summed E-state index contributed by atoms with van der Waals surface area (Å²) >= 11 is 1.53. The molecule has 0 bridgehead atoms. The monoisotopic (exact) mass is 446 g/mol. The van der Waals surface area contributed by atoms with Crippen molar-refractivity contribution >= 4 is 29.6 Å². The van der Waals surface area contributed by atoms with Crippen LogP contribution < -0.4 is 5.73 Å². The van der Waals surface area contributed by atoms with E-state index >= 15 is 0 Å². The van der Waals surface area contributed by atoms with Gasteiger partial charge >= 0.3 is 18.1 Å². The number of carbonyl (C=O) groups is 3. The Hall–Kier alpha value is -2.93. The van der Waals surface area contributed by atoms with Crippen molar-refractivity contribution < 1.29 is 37.8 Å². The molecule has 2 atom stereocenters. The summed E-state index contributed by atoms with van der Waals surface area (Å²) in [5, 5.41) is 16.4. The minimum atomic E-state index is -5.08. The molecule has 0 spiro atoms. The predicted octanol–water partition coefficient (Wildman–Crippen LogP) is 0.701. The Balaban J connectivity index is 0.000000318. The van der Waals surface area contributed by atoms with E-state index in [0.29, 0.717) is 12.3 Å². The van der Waals surface area contributed by atoms with Crippen molar-refractivity contribution in [3.8, 4) is 0 Å². The van der Waals surface area contributed by atoms with Gasteiger partial charge in [-0.05, 0) is 11.6 Å². The molecule has 162 valence electrons.